The van der Waals surface area contributed by atoms with Crippen LogP contribution in [-0.2, 0) is 4.79 Å². The van der Waals surface area contributed by atoms with Gasteiger partial charge in [-0.05, 0) is 34.1 Å². The van der Waals surface area contributed by atoms with Crippen LogP contribution in [0.25, 0.3) is 0 Å². The predicted octanol–water partition coefficient (Wildman–Crippen LogP) is 4.68. The van der Waals surface area contributed by atoms with Crippen LogP contribution in [0, 0.1) is 0 Å². The minimum absolute atomic E-state index is 0.0212. The second-order valence-corrected chi connectivity index (χ2v) is 8.15. The first-order valence-corrected chi connectivity index (χ1v) is 7.74. The Hall–Kier alpha value is -0.000000000000000111. The number of carbonyl (C=O) groups is 1. The summed E-state index contributed by atoms with van der Waals surface area (Å²) < 4.78 is 1.96. The molecule has 1 amide bonds. The van der Waals surface area contributed by atoms with E-state index in [-0.39, 0.29) is 10.7 Å². The largest absolute Gasteiger partial charge is 0.324 e. The molecule has 1 rings (SSSR count). The number of hydrogen-bond donors (Lipinski definition) is 1. The monoisotopic (exact) mass is 379 g/mol. The van der Waals surface area contributed by atoms with E-state index in [4.69, 9.17) is 0 Å². The van der Waals surface area contributed by atoms with Crippen molar-refractivity contribution >= 4 is 55.2 Å². The van der Waals surface area contributed by atoms with Gasteiger partial charge in [-0.3, -0.25) is 4.79 Å². The second-order valence-electron chi connectivity index (χ2n) is 4.57. The van der Waals surface area contributed by atoms with Gasteiger partial charge in [0.2, 0.25) is 5.91 Å². The molecular formula is C12H15Br2NOS. The fourth-order valence-electron chi connectivity index (χ4n) is 1.06. The summed E-state index contributed by atoms with van der Waals surface area (Å²) in [7, 11) is 0. The summed E-state index contributed by atoms with van der Waals surface area (Å²) in [6.45, 7) is 6.29. The van der Waals surface area contributed by atoms with Gasteiger partial charge in [-0.25, -0.2) is 0 Å². The van der Waals surface area contributed by atoms with Gasteiger partial charge in [-0.1, -0.05) is 36.7 Å². The molecule has 0 saturated heterocycles. The van der Waals surface area contributed by atoms with Crippen molar-refractivity contribution in [2.45, 2.75) is 25.5 Å². The fraction of sp³-hybridized carbons (Fsp3) is 0.417. The minimum Gasteiger partial charge on any atom is -0.324 e. The van der Waals surface area contributed by atoms with Crippen molar-refractivity contribution < 1.29 is 4.79 Å². The Bertz CT molecular complexity index is 415. The van der Waals surface area contributed by atoms with Crippen LogP contribution >= 0.6 is 43.6 Å². The molecule has 0 heterocycles. The molecule has 1 N–H and O–H groups in total. The molecule has 5 heteroatoms. The molecule has 2 nitrogen and oxygen atoms in total. The zero-order valence-corrected chi connectivity index (χ0v) is 14.0. The molecule has 0 fully saturated rings. The van der Waals surface area contributed by atoms with Gasteiger partial charge in [0.05, 0.1) is 11.4 Å². The zero-order chi connectivity index (χ0) is 13.1. The lowest BCUT2D eigenvalue weighted by Gasteiger charge is -2.17. The second kappa shape index (κ2) is 6.25. The van der Waals surface area contributed by atoms with Gasteiger partial charge >= 0.3 is 0 Å². The lowest BCUT2D eigenvalue weighted by atomic mass is 10.3. The predicted molar refractivity (Wildman–Crippen MR) is 82.7 cm³/mol. The average molecular weight is 381 g/mol. The first-order valence-electron chi connectivity index (χ1n) is 5.17. The highest BCUT2D eigenvalue weighted by Crippen LogP contribution is 2.27. The van der Waals surface area contributed by atoms with Crippen molar-refractivity contribution in [2.75, 3.05) is 11.1 Å². The van der Waals surface area contributed by atoms with Crippen molar-refractivity contribution in [3.8, 4) is 0 Å². The molecule has 0 atom stereocenters. The average Bonchev–Trinajstić information content (AvgIpc) is 2.18. The Morgan fingerprint density at radius 1 is 1.35 bits per heavy atom. The van der Waals surface area contributed by atoms with Crippen molar-refractivity contribution in [1.29, 1.82) is 0 Å². The smallest absolute Gasteiger partial charge is 0.234 e. The number of benzene rings is 1. The van der Waals surface area contributed by atoms with Crippen LogP contribution in [-0.4, -0.2) is 16.4 Å². The van der Waals surface area contributed by atoms with Gasteiger partial charge in [0, 0.05) is 13.7 Å². The van der Waals surface area contributed by atoms with E-state index in [0.29, 0.717) is 5.75 Å². The van der Waals surface area contributed by atoms with Crippen molar-refractivity contribution in [3.05, 3.63) is 27.1 Å². The number of hydrogen-bond acceptors (Lipinski definition) is 2. The summed E-state index contributed by atoms with van der Waals surface area (Å²) in [5.74, 6) is 0.486. The molecule has 0 aliphatic carbocycles. The van der Waals surface area contributed by atoms with E-state index in [2.05, 4.69) is 57.9 Å². The number of rotatable bonds is 3. The summed E-state index contributed by atoms with van der Waals surface area (Å²) >= 11 is 8.42. The Morgan fingerprint density at radius 2 is 2.00 bits per heavy atom. The maximum atomic E-state index is 11.7. The Labute approximate surface area is 123 Å². The van der Waals surface area contributed by atoms with Crippen LogP contribution in [0.4, 0.5) is 5.69 Å². The number of thioether (sulfide) groups is 1. The van der Waals surface area contributed by atoms with Crippen LogP contribution in [0.1, 0.15) is 20.8 Å². The molecule has 0 radical (unpaired) electrons. The highest BCUT2D eigenvalue weighted by Gasteiger charge is 2.14. The maximum Gasteiger partial charge on any atom is 0.234 e. The number of amides is 1. The lowest BCUT2D eigenvalue weighted by Crippen LogP contribution is -2.19. The Kier molecular flexibility index (Phi) is 5.54. The molecule has 0 aromatic heterocycles. The third kappa shape index (κ3) is 5.93. The van der Waals surface area contributed by atoms with E-state index >= 15 is 0 Å². The van der Waals surface area contributed by atoms with Gasteiger partial charge in [0.25, 0.3) is 0 Å². The molecule has 0 bridgehead atoms. The van der Waals surface area contributed by atoms with E-state index in [1.54, 1.807) is 11.8 Å². The molecule has 1 aromatic carbocycles. The van der Waals surface area contributed by atoms with Crippen LogP contribution < -0.4 is 5.32 Å². The van der Waals surface area contributed by atoms with Crippen molar-refractivity contribution in [3.63, 3.8) is 0 Å². The first-order chi connectivity index (χ1) is 7.78. The quantitative estimate of drug-likeness (QED) is 0.824. The van der Waals surface area contributed by atoms with Crippen LogP contribution in [0.2, 0.25) is 0 Å². The molecule has 1 aromatic rings. The maximum absolute atomic E-state index is 11.7. The summed E-state index contributed by atoms with van der Waals surface area (Å²) in [6, 6.07) is 5.68. The van der Waals surface area contributed by atoms with Gasteiger partial charge < -0.3 is 5.32 Å². The standard InChI is InChI=1S/C12H15Br2NOS/c1-12(2,3)17-7-11(16)15-10-5-4-8(13)6-9(10)14/h4-6H,7H2,1-3H3,(H,15,16). The fourth-order valence-corrected chi connectivity index (χ4v) is 2.84. The molecule has 94 valence electrons. The molecule has 0 saturated carbocycles. The van der Waals surface area contributed by atoms with Gasteiger partial charge in [0.1, 0.15) is 0 Å². The topological polar surface area (TPSA) is 29.1 Å². The SMILES string of the molecule is CC(C)(C)SCC(=O)Nc1ccc(Br)cc1Br. The minimum atomic E-state index is 0.0212. The first kappa shape index (κ1) is 15.1. The van der Waals surface area contributed by atoms with Gasteiger partial charge in [-0.15, -0.1) is 11.8 Å². The number of halogens is 2. The third-order valence-corrected chi connectivity index (χ3v) is 4.26. The summed E-state index contributed by atoms with van der Waals surface area (Å²) in [5, 5.41) is 2.88. The van der Waals surface area contributed by atoms with Crippen molar-refractivity contribution in [1.82, 2.24) is 0 Å². The van der Waals surface area contributed by atoms with Crippen LogP contribution in [0.3, 0.4) is 0 Å². The molecule has 0 aliphatic heterocycles. The van der Waals surface area contributed by atoms with E-state index < -0.39 is 0 Å². The van der Waals surface area contributed by atoms with Gasteiger partial charge in [0.15, 0.2) is 0 Å². The number of carbonyl (C=O) groups excluding carboxylic acids is 1. The third-order valence-electron chi connectivity index (χ3n) is 1.84. The molecule has 0 aliphatic rings. The zero-order valence-electron chi connectivity index (χ0n) is 10.0. The van der Waals surface area contributed by atoms with Crippen molar-refractivity contribution in [2.24, 2.45) is 0 Å². The summed E-state index contributed by atoms with van der Waals surface area (Å²) in [4.78, 5) is 11.7. The summed E-state index contributed by atoms with van der Waals surface area (Å²) in [6.07, 6.45) is 0. The van der Waals surface area contributed by atoms with E-state index in [1.807, 2.05) is 18.2 Å². The Balaban J connectivity index is 2.57. The lowest BCUT2D eigenvalue weighted by molar-refractivity contribution is -0.113. The normalized spacial score (nSPS) is 11.4. The molecule has 0 unspecified atom stereocenters. The summed E-state index contributed by atoms with van der Waals surface area (Å²) in [5.41, 5.74) is 0.799. The molecule has 17 heavy (non-hydrogen) atoms. The Morgan fingerprint density at radius 3 is 2.53 bits per heavy atom. The highest BCUT2D eigenvalue weighted by atomic mass is 79.9. The van der Waals surface area contributed by atoms with Crippen LogP contribution in [0.15, 0.2) is 27.1 Å². The van der Waals surface area contributed by atoms with E-state index in [9.17, 15) is 4.79 Å². The highest BCUT2D eigenvalue weighted by molar-refractivity contribution is 9.11. The van der Waals surface area contributed by atoms with E-state index in [0.717, 1.165) is 14.6 Å². The van der Waals surface area contributed by atoms with Crippen LogP contribution in [0.5, 0.6) is 0 Å². The number of anilines is 1. The number of nitrogens with one attached hydrogen (secondary N) is 1. The van der Waals surface area contributed by atoms with E-state index in [1.165, 1.54) is 0 Å². The molecule has 0 spiro atoms. The van der Waals surface area contributed by atoms with Gasteiger partial charge in [-0.2, -0.15) is 0 Å². The molecular weight excluding hydrogens is 366 g/mol.